The van der Waals surface area contributed by atoms with Crippen molar-refractivity contribution in [3.05, 3.63) is 22.2 Å². The van der Waals surface area contributed by atoms with Crippen LogP contribution in [0.5, 0.6) is 0 Å². The van der Waals surface area contributed by atoms with E-state index in [-0.39, 0.29) is 0 Å². The van der Waals surface area contributed by atoms with Crippen LogP contribution < -0.4 is 5.73 Å². The van der Waals surface area contributed by atoms with Gasteiger partial charge in [0, 0.05) is 15.7 Å². The number of benzene rings is 1. The number of tetrazole rings is 1. The van der Waals surface area contributed by atoms with Crippen molar-refractivity contribution in [1.29, 1.82) is 0 Å². The van der Waals surface area contributed by atoms with Crippen LogP contribution in [0.4, 0.5) is 5.69 Å². The van der Waals surface area contributed by atoms with Gasteiger partial charge >= 0.3 is 0 Å². The van der Waals surface area contributed by atoms with Gasteiger partial charge in [0.25, 0.3) is 0 Å². The third-order valence-corrected chi connectivity index (χ3v) is 4.89. The lowest BCUT2D eigenvalue weighted by atomic mass is 9.92. The van der Waals surface area contributed by atoms with E-state index < -0.39 is 0 Å². The number of halogens is 1. The SMILES string of the molecule is Cc1c(N)cc(Br)cc1-c1nnnn1C1CCC(C)(C)C1. The normalized spacial score (nSPS) is 20.9. The number of nitrogens with zero attached hydrogens (tertiary/aromatic N) is 4. The van der Waals surface area contributed by atoms with E-state index in [1.54, 1.807) is 0 Å². The predicted molar refractivity (Wildman–Crippen MR) is 86.8 cm³/mol. The topological polar surface area (TPSA) is 69.6 Å². The van der Waals surface area contributed by atoms with Crippen LogP contribution >= 0.6 is 15.9 Å². The Morgan fingerprint density at radius 3 is 2.81 bits per heavy atom. The van der Waals surface area contributed by atoms with E-state index in [9.17, 15) is 0 Å². The fourth-order valence-corrected chi connectivity index (χ4v) is 3.63. The summed E-state index contributed by atoms with van der Waals surface area (Å²) in [7, 11) is 0. The van der Waals surface area contributed by atoms with Crippen LogP contribution in [0.25, 0.3) is 11.4 Å². The van der Waals surface area contributed by atoms with E-state index in [2.05, 4.69) is 45.3 Å². The van der Waals surface area contributed by atoms with Crippen molar-refractivity contribution in [2.24, 2.45) is 5.41 Å². The average Bonchev–Trinajstić information content (AvgIpc) is 2.99. The van der Waals surface area contributed by atoms with Gasteiger partial charge in [0.05, 0.1) is 6.04 Å². The standard InChI is InChI=1S/C15H20BrN5/c1-9-12(6-10(16)7-13(9)17)14-18-19-20-21(14)11-4-5-15(2,3)8-11/h6-7,11H,4-5,8,17H2,1-3H3. The van der Waals surface area contributed by atoms with E-state index in [1.165, 1.54) is 6.42 Å². The zero-order valence-electron chi connectivity index (χ0n) is 12.6. The zero-order valence-corrected chi connectivity index (χ0v) is 14.2. The molecule has 0 spiro atoms. The zero-order chi connectivity index (χ0) is 15.2. The minimum absolute atomic E-state index is 0.360. The van der Waals surface area contributed by atoms with Gasteiger partial charge < -0.3 is 5.73 Å². The largest absolute Gasteiger partial charge is 0.398 e. The Balaban J connectivity index is 2.04. The lowest BCUT2D eigenvalue weighted by Gasteiger charge is -2.18. The van der Waals surface area contributed by atoms with Gasteiger partial charge in [-0.2, -0.15) is 0 Å². The summed E-state index contributed by atoms with van der Waals surface area (Å²) in [5.41, 5.74) is 9.19. The van der Waals surface area contributed by atoms with Crippen molar-refractivity contribution in [1.82, 2.24) is 20.2 Å². The molecule has 0 amide bonds. The summed E-state index contributed by atoms with van der Waals surface area (Å²) in [5.74, 6) is 0.809. The van der Waals surface area contributed by atoms with Crippen LogP contribution in [0, 0.1) is 12.3 Å². The van der Waals surface area contributed by atoms with Gasteiger partial charge in [0.1, 0.15) is 0 Å². The first-order chi connectivity index (χ1) is 9.87. The summed E-state index contributed by atoms with van der Waals surface area (Å²) >= 11 is 3.50. The molecule has 1 unspecified atom stereocenters. The summed E-state index contributed by atoms with van der Waals surface area (Å²) in [6.45, 7) is 6.62. The first-order valence-corrected chi connectivity index (χ1v) is 8.00. The van der Waals surface area contributed by atoms with Crippen LogP contribution in [0.15, 0.2) is 16.6 Å². The summed E-state index contributed by atoms with van der Waals surface area (Å²) in [5, 5.41) is 12.4. The molecular formula is C15H20BrN5. The molecule has 1 aromatic heterocycles. The molecule has 0 radical (unpaired) electrons. The second kappa shape index (κ2) is 5.09. The third kappa shape index (κ3) is 2.69. The highest BCUT2D eigenvalue weighted by Gasteiger charge is 2.34. The molecule has 2 aromatic rings. The van der Waals surface area contributed by atoms with Crippen molar-refractivity contribution < 1.29 is 0 Å². The van der Waals surface area contributed by atoms with Crippen molar-refractivity contribution in [3.63, 3.8) is 0 Å². The van der Waals surface area contributed by atoms with Crippen LogP contribution in [-0.2, 0) is 0 Å². The van der Waals surface area contributed by atoms with Crippen molar-refractivity contribution in [2.45, 2.75) is 46.1 Å². The fourth-order valence-electron chi connectivity index (χ4n) is 3.16. The Bertz CT molecular complexity index is 677. The summed E-state index contributed by atoms with van der Waals surface area (Å²) in [6.07, 6.45) is 3.43. The van der Waals surface area contributed by atoms with E-state index in [4.69, 9.17) is 5.73 Å². The molecule has 1 aliphatic carbocycles. The molecule has 21 heavy (non-hydrogen) atoms. The minimum Gasteiger partial charge on any atom is -0.398 e. The molecule has 0 saturated heterocycles. The first kappa shape index (κ1) is 14.5. The molecule has 112 valence electrons. The summed E-state index contributed by atoms with van der Waals surface area (Å²) in [4.78, 5) is 0. The second-order valence-electron chi connectivity index (χ2n) is 6.68. The molecule has 1 saturated carbocycles. The van der Waals surface area contributed by atoms with Gasteiger partial charge in [0.15, 0.2) is 5.82 Å². The Hall–Kier alpha value is -1.43. The summed E-state index contributed by atoms with van der Waals surface area (Å²) in [6, 6.07) is 4.31. The van der Waals surface area contributed by atoms with Gasteiger partial charge in [-0.1, -0.05) is 29.8 Å². The maximum absolute atomic E-state index is 6.07. The predicted octanol–water partition coefficient (Wildman–Crippen LogP) is 3.74. The van der Waals surface area contributed by atoms with Crippen molar-refractivity contribution in [3.8, 4) is 11.4 Å². The monoisotopic (exact) mass is 349 g/mol. The maximum Gasteiger partial charge on any atom is 0.182 e. The molecule has 2 N–H and O–H groups in total. The molecule has 1 atom stereocenters. The lowest BCUT2D eigenvalue weighted by molar-refractivity contribution is 0.349. The highest BCUT2D eigenvalue weighted by molar-refractivity contribution is 9.10. The van der Waals surface area contributed by atoms with Gasteiger partial charge in [-0.25, -0.2) is 4.68 Å². The molecule has 1 heterocycles. The maximum atomic E-state index is 6.07. The number of hydrogen-bond acceptors (Lipinski definition) is 4. The van der Waals surface area contributed by atoms with E-state index in [0.29, 0.717) is 11.5 Å². The molecule has 0 aliphatic heterocycles. The van der Waals surface area contributed by atoms with Crippen molar-refractivity contribution in [2.75, 3.05) is 5.73 Å². The van der Waals surface area contributed by atoms with E-state index in [0.717, 1.165) is 40.0 Å². The number of rotatable bonds is 2. The molecule has 6 heteroatoms. The summed E-state index contributed by atoms with van der Waals surface area (Å²) < 4.78 is 2.92. The van der Waals surface area contributed by atoms with Crippen molar-refractivity contribution >= 4 is 21.6 Å². The first-order valence-electron chi connectivity index (χ1n) is 7.21. The molecule has 1 aliphatic rings. The molecule has 1 aromatic carbocycles. The number of nitrogens with two attached hydrogens (primary N) is 1. The highest BCUT2D eigenvalue weighted by Crippen LogP contribution is 2.44. The number of aromatic nitrogens is 4. The van der Waals surface area contributed by atoms with Crippen LogP contribution in [-0.4, -0.2) is 20.2 Å². The second-order valence-corrected chi connectivity index (χ2v) is 7.59. The number of anilines is 1. The average molecular weight is 350 g/mol. The quantitative estimate of drug-likeness (QED) is 0.838. The molecule has 5 nitrogen and oxygen atoms in total. The Kier molecular flexibility index (Phi) is 3.51. The Morgan fingerprint density at radius 1 is 1.38 bits per heavy atom. The smallest absolute Gasteiger partial charge is 0.182 e. The Labute approximate surface area is 133 Å². The molecule has 1 fully saturated rings. The minimum atomic E-state index is 0.360. The van der Waals surface area contributed by atoms with Gasteiger partial charge in [0.2, 0.25) is 0 Å². The van der Waals surface area contributed by atoms with Gasteiger partial charge in [-0.05, 0) is 59.7 Å². The lowest BCUT2D eigenvalue weighted by Crippen LogP contribution is -2.12. The van der Waals surface area contributed by atoms with E-state index >= 15 is 0 Å². The van der Waals surface area contributed by atoms with Crippen LogP contribution in [0.1, 0.15) is 44.7 Å². The third-order valence-electron chi connectivity index (χ3n) is 4.43. The van der Waals surface area contributed by atoms with Gasteiger partial charge in [-0.15, -0.1) is 5.10 Å². The van der Waals surface area contributed by atoms with Gasteiger partial charge in [-0.3, -0.25) is 0 Å². The molecule has 0 bridgehead atoms. The van der Waals surface area contributed by atoms with Crippen LogP contribution in [0.2, 0.25) is 0 Å². The number of hydrogen-bond donors (Lipinski definition) is 1. The van der Waals surface area contributed by atoms with Crippen LogP contribution in [0.3, 0.4) is 0 Å². The molecular weight excluding hydrogens is 330 g/mol. The highest BCUT2D eigenvalue weighted by atomic mass is 79.9. The number of nitrogen functional groups attached to an aromatic ring is 1. The Morgan fingerprint density at radius 2 is 2.14 bits per heavy atom. The fraction of sp³-hybridized carbons (Fsp3) is 0.533. The molecule has 3 rings (SSSR count). The van der Waals surface area contributed by atoms with E-state index in [1.807, 2.05) is 23.7 Å².